The van der Waals surface area contributed by atoms with Crippen molar-refractivity contribution in [2.75, 3.05) is 6.61 Å². The third kappa shape index (κ3) is 6.30. The van der Waals surface area contributed by atoms with Crippen molar-refractivity contribution in [3.8, 4) is 28.1 Å². The Hall–Kier alpha value is -3.94. The van der Waals surface area contributed by atoms with Crippen LogP contribution in [-0.4, -0.2) is 22.7 Å². The molecule has 0 spiro atoms. The molecule has 1 N–H and O–H groups in total. The van der Waals surface area contributed by atoms with E-state index in [4.69, 9.17) is 4.74 Å². The topological polar surface area (TPSA) is 59.4 Å². The number of ether oxygens (including phenoxy) is 1. The Kier molecular flexibility index (Phi) is 8.29. The van der Waals surface area contributed by atoms with Crippen molar-refractivity contribution in [2.24, 2.45) is 0 Å². The molecule has 0 atom stereocenters. The fourth-order valence-electron chi connectivity index (χ4n) is 4.26. The average Bonchev–Trinajstić information content (AvgIpc) is 2.89. The molecule has 0 amide bonds. The number of hydrogen-bond acceptors (Lipinski definition) is 3. The summed E-state index contributed by atoms with van der Waals surface area (Å²) in [6.07, 6.45) is 1.08. The van der Waals surface area contributed by atoms with Gasteiger partial charge in [0.05, 0.1) is 28.9 Å². The summed E-state index contributed by atoms with van der Waals surface area (Å²) in [5.41, 5.74) is 0.178. The number of rotatable bonds is 10. The van der Waals surface area contributed by atoms with E-state index in [0.717, 1.165) is 37.1 Å². The molecular formula is C30H27F4NO3. The summed E-state index contributed by atoms with van der Waals surface area (Å²) >= 11 is 0. The molecule has 0 saturated carbocycles. The minimum atomic E-state index is -4.62. The molecule has 4 aromatic rings. The molecule has 198 valence electrons. The predicted octanol–water partition coefficient (Wildman–Crippen LogP) is 8.77. The molecule has 0 fully saturated rings. The van der Waals surface area contributed by atoms with E-state index in [9.17, 15) is 23.1 Å². The monoisotopic (exact) mass is 525 g/mol. The Bertz CT molecular complexity index is 1430. The number of fused-ring (bicyclic) bond motifs is 1. The van der Waals surface area contributed by atoms with Gasteiger partial charge in [-0.2, -0.15) is 13.2 Å². The zero-order valence-corrected chi connectivity index (χ0v) is 20.8. The molecule has 0 aliphatic heterocycles. The van der Waals surface area contributed by atoms with E-state index in [2.05, 4.69) is 11.9 Å². The van der Waals surface area contributed by atoms with Crippen LogP contribution in [0, 0.1) is 5.82 Å². The molecule has 3 aromatic carbocycles. The maximum Gasteiger partial charge on any atom is 0.416 e. The van der Waals surface area contributed by atoms with Gasteiger partial charge in [0.2, 0.25) is 0 Å². The molecule has 0 aliphatic carbocycles. The summed E-state index contributed by atoms with van der Waals surface area (Å²) < 4.78 is 60.3. The summed E-state index contributed by atoms with van der Waals surface area (Å²) in [6.45, 7) is 2.79. The van der Waals surface area contributed by atoms with Gasteiger partial charge in [-0.05, 0) is 54.4 Å². The molecule has 38 heavy (non-hydrogen) atoms. The molecule has 0 aliphatic rings. The number of halogens is 4. The summed E-state index contributed by atoms with van der Waals surface area (Å²) in [7, 11) is 0. The van der Waals surface area contributed by atoms with E-state index >= 15 is 4.39 Å². The second-order valence-corrected chi connectivity index (χ2v) is 9.07. The SMILES string of the molecule is CCCCCCCOc1ccc(-c2ccc(-c3cc(C(=O)O)c4cc(C(F)(F)F)ccc4n3)cc2F)cc1. The van der Waals surface area contributed by atoms with Crippen LogP contribution in [0.15, 0.2) is 66.7 Å². The minimum Gasteiger partial charge on any atom is -0.494 e. The summed E-state index contributed by atoms with van der Waals surface area (Å²) in [5.74, 6) is -1.24. The predicted molar refractivity (Wildman–Crippen MR) is 139 cm³/mol. The van der Waals surface area contributed by atoms with Crippen molar-refractivity contribution in [1.82, 2.24) is 4.98 Å². The molecule has 8 heteroatoms. The lowest BCUT2D eigenvalue weighted by molar-refractivity contribution is -0.137. The Morgan fingerprint density at radius 2 is 1.61 bits per heavy atom. The van der Waals surface area contributed by atoms with E-state index in [1.54, 1.807) is 36.4 Å². The van der Waals surface area contributed by atoms with Gasteiger partial charge in [-0.1, -0.05) is 56.9 Å². The van der Waals surface area contributed by atoms with Crippen LogP contribution < -0.4 is 4.74 Å². The summed E-state index contributed by atoms with van der Waals surface area (Å²) in [4.78, 5) is 16.1. The Labute approximate surface area is 217 Å². The molecular weight excluding hydrogens is 498 g/mol. The number of benzene rings is 3. The third-order valence-corrected chi connectivity index (χ3v) is 6.31. The molecule has 1 heterocycles. The van der Waals surface area contributed by atoms with Crippen molar-refractivity contribution >= 4 is 16.9 Å². The number of aromatic nitrogens is 1. The second kappa shape index (κ2) is 11.6. The van der Waals surface area contributed by atoms with Crippen molar-refractivity contribution in [1.29, 1.82) is 0 Å². The van der Waals surface area contributed by atoms with E-state index in [0.29, 0.717) is 29.0 Å². The van der Waals surface area contributed by atoms with Gasteiger partial charge in [0, 0.05) is 16.5 Å². The van der Waals surface area contributed by atoms with E-state index in [1.165, 1.54) is 25.3 Å². The lowest BCUT2D eigenvalue weighted by atomic mass is 9.99. The van der Waals surface area contributed by atoms with Gasteiger partial charge in [-0.3, -0.25) is 0 Å². The van der Waals surface area contributed by atoms with Gasteiger partial charge in [0.15, 0.2) is 0 Å². The van der Waals surface area contributed by atoms with Crippen LogP contribution in [0.3, 0.4) is 0 Å². The fraction of sp³-hybridized carbons (Fsp3) is 0.267. The molecule has 0 radical (unpaired) electrons. The molecule has 4 nitrogen and oxygen atoms in total. The van der Waals surface area contributed by atoms with E-state index in [-0.39, 0.29) is 22.2 Å². The first-order valence-electron chi connectivity index (χ1n) is 12.5. The minimum absolute atomic E-state index is 0.0679. The van der Waals surface area contributed by atoms with Crippen LogP contribution in [0.1, 0.15) is 54.9 Å². The zero-order chi connectivity index (χ0) is 27.3. The highest BCUT2D eigenvalue weighted by Gasteiger charge is 2.31. The maximum atomic E-state index is 15.1. The van der Waals surface area contributed by atoms with Crippen LogP contribution in [0.4, 0.5) is 17.6 Å². The number of unbranched alkanes of at least 4 members (excludes halogenated alkanes) is 4. The normalized spacial score (nSPS) is 11.6. The fourth-order valence-corrected chi connectivity index (χ4v) is 4.26. The maximum absolute atomic E-state index is 15.1. The quantitative estimate of drug-likeness (QED) is 0.166. The molecule has 4 rings (SSSR count). The second-order valence-electron chi connectivity index (χ2n) is 9.07. The Balaban J connectivity index is 1.56. The number of carboxylic acids is 1. The van der Waals surface area contributed by atoms with Gasteiger partial charge >= 0.3 is 12.1 Å². The molecule has 0 bridgehead atoms. The summed E-state index contributed by atoms with van der Waals surface area (Å²) in [6, 6.07) is 15.4. The summed E-state index contributed by atoms with van der Waals surface area (Å²) in [5, 5.41) is 9.48. The Morgan fingerprint density at radius 3 is 2.26 bits per heavy atom. The van der Waals surface area contributed by atoms with Gasteiger partial charge in [-0.25, -0.2) is 14.2 Å². The van der Waals surface area contributed by atoms with Crippen molar-refractivity contribution in [3.63, 3.8) is 0 Å². The number of carbonyl (C=O) groups is 1. The lowest BCUT2D eigenvalue weighted by Gasteiger charge is -2.12. The first-order chi connectivity index (χ1) is 18.2. The molecule has 0 unspecified atom stereocenters. The Morgan fingerprint density at radius 1 is 0.895 bits per heavy atom. The standard InChI is InChI=1S/C30H27F4NO3/c1-2-3-4-5-6-15-38-22-11-7-19(8-12-22)23-13-9-20(16-26(23)31)28-18-25(29(36)37)24-17-21(30(32,33)34)10-14-27(24)35-28/h7-14,16-18H,2-6,15H2,1H3,(H,36,37). The van der Waals surface area contributed by atoms with Crippen LogP contribution in [0.25, 0.3) is 33.3 Å². The average molecular weight is 526 g/mol. The van der Waals surface area contributed by atoms with Crippen molar-refractivity contribution in [3.05, 3.63) is 83.7 Å². The molecule has 1 aromatic heterocycles. The highest BCUT2D eigenvalue weighted by molar-refractivity contribution is 6.04. The first kappa shape index (κ1) is 27.1. The zero-order valence-electron chi connectivity index (χ0n) is 20.8. The van der Waals surface area contributed by atoms with Crippen molar-refractivity contribution < 1.29 is 32.2 Å². The van der Waals surface area contributed by atoms with E-state index in [1.807, 2.05) is 0 Å². The number of nitrogens with zero attached hydrogens (tertiary/aromatic N) is 1. The first-order valence-corrected chi connectivity index (χ1v) is 12.5. The van der Waals surface area contributed by atoms with Gasteiger partial charge < -0.3 is 9.84 Å². The number of carboxylic acid groups (broad SMARTS) is 1. The number of hydrogen-bond donors (Lipinski definition) is 1. The number of pyridine rings is 1. The van der Waals surface area contributed by atoms with E-state index < -0.39 is 23.5 Å². The largest absolute Gasteiger partial charge is 0.494 e. The third-order valence-electron chi connectivity index (χ3n) is 6.31. The molecule has 0 saturated heterocycles. The van der Waals surface area contributed by atoms with Gasteiger partial charge in [0.1, 0.15) is 11.6 Å². The van der Waals surface area contributed by atoms with Crippen LogP contribution in [-0.2, 0) is 6.18 Å². The highest BCUT2D eigenvalue weighted by Crippen LogP contribution is 2.34. The smallest absolute Gasteiger partial charge is 0.416 e. The lowest BCUT2D eigenvalue weighted by Crippen LogP contribution is -2.06. The van der Waals surface area contributed by atoms with Gasteiger partial charge in [-0.15, -0.1) is 0 Å². The van der Waals surface area contributed by atoms with Crippen LogP contribution >= 0.6 is 0 Å². The highest BCUT2D eigenvalue weighted by atomic mass is 19.4. The van der Waals surface area contributed by atoms with Crippen molar-refractivity contribution in [2.45, 2.75) is 45.2 Å². The van der Waals surface area contributed by atoms with Crippen LogP contribution in [0.5, 0.6) is 5.75 Å². The number of alkyl halides is 3. The number of aromatic carboxylic acids is 1. The van der Waals surface area contributed by atoms with Gasteiger partial charge in [0.25, 0.3) is 0 Å². The van der Waals surface area contributed by atoms with Crippen LogP contribution in [0.2, 0.25) is 0 Å².